The highest BCUT2D eigenvalue weighted by Crippen LogP contribution is 2.35. The monoisotopic (exact) mass is 331 g/mol. The minimum Gasteiger partial charge on any atom is -0.338 e. The van der Waals surface area contributed by atoms with Crippen LogP contribution in [0.1, 0.15) is 38.5 Å². The molecule has 3 amide bonds. The molecular formula is C13H21N3O5S. The maximum absolute atomic E-state index is 12.2. The summed E-state index contributed by atoms with van der Waals surface area (Å²) in [4.78, 5) is 25.5. The molecule has 1 aliphatic carbocycles. The molecule has 2 saturated heterocycles. The molecule has 0 radical (unpaired) electrons. The first-order valence-corrected chi connectivity index (χ1v) is 9.14. The van der Waals surface area contributed by atoms with E-state index < -0.39 is 28.3 Å². The summed E-state index contributed by atoms with van der Waals surface area (Å²) in [6, 6.07) is -1.70. The Morgan fingerprint density at radius 3 is 2.55 bits per heavy atom. The van der Waals surface area contributed by atoms with E-state index in [1.165, 1.54) is 24.2 Å². The average Bonchev–Trinajstić information content (AvgIpc) is 2.83. The maximum Gasteiger partial charge on any atom is 0.362 e. The van der Waals surface area contributed by atoms with Gasteiger partial charge in [0.2, 0.25) is 0 Å². The van der Waals surface area contributed by atoms with E-state index in [0.717, 1.165) is 12.8 Å². The number of β-lactam (4-membered cyclic amide) rings is 1. The van der Waals surface area contributed by atoms with Crippen LogP contribution >= 0.6 is 0 Å². The Morgan fingerprint density at radius 2 is 1.91 bits per heavy atom. The number of hydrogen-bond acceptors (Lipinski definition) is 4. The summed E-state index contributed by atoms with van der Waals surface area (Å²) in [6.07, 6.45) is 6.23. The summed E-state index contributed by atoms with van der Waals surface area (Å²) in [5.74, 6) is -0.236. The molecule has 22 heavy (non-hydrogen) atoms. The second kappa shape index (κ2) is 5.69. The minimum absolute atomic E-state index is 0.318. The first-order chi connectivity index (χ1) is 10.4. The SMILES string of the molecule is O=C(NCC1CCCCC1)N1CCC2C1C(=O)N2S(=O)(=O)O. The standard InChI is InChI=1S/C13H21N3O5S/c17-12-11-10(16(12)22(19,20)21)6-7-15(11)13(18)14-8-9-4-2-1-3-5-9/h9-11H,1-8H2,(H,14,18)(H,19,20,21). The normalized spacial score (nSPS) is 29.2. The predicted molar refractivity (Wildman–Crippen MR) is 77.3 cm³/mol. The van der Waals surface area contributed by atoms with Crippen molar-refractivity contribution < 1.29 is 22.6 Å². The fourth-order valence-corrected chi connectivity index (χ4v) is 4.67. The van der Waals surface area contributed by atoms with Crippen molar-refractivity contribution in [3.63, 3.8) is 0 Å². The molecule has 2 aliphatic heterocycles. The van der Waals surface area contributed by atoms with E-state index in [0.29, 0.717) is 29.7 Å². The summed E-state index contributed by atoms with van der Waals surface area (Å²) < 4.78 is 31.7. The van der Waals surface area contributed by atoms with Gasteiger partial charge in [0.25, 0.3) is 5.91 Å². The quantitative estimate of drug-likeness (QED) is 0.574. The van der Waals surface area contributed by atoms with Crippen LogP contribution in [0.25, 0.3) is 0 Å². The lowest BCUT2D eigenvalue weighted by atomic mass is 9.89. The van der Waals surface area contributed by atoms with Gasteiger partial charge in [0, 0.05) is 13.1 Å². The predicted octanol–water partition coefficient (Wildman–Crippen LogP) is 0.364. The number of amides is 3. The average molecular weight is 331 g/mol. The lowest BCUT2D eigenvalue weighted by molar-refractivity contribution is -0.143. The van der Waals surface area contributed by atoms with Crippen molar-refractivity contribution in [2.24, 2.45) is 5.92 Å². The van der Waals surface area contributed by atoms with Crippen molar-refractivity contribution in [2.75, 3.05) is 13.1 Å². The second-order valence-corrected chi connectivity index (χ2v) is 7.59. The molecule has 2 unspecified atom stereocenters. The van der Waals surface area contributed by atoms with E-state index in [1.807, 2.05) is 0 Å². The Labute approximate surface area is 129 Å². The van der Waals surface area contributed by atoms with Crippen LogP contribution in [0.2, 0.25) is 0 Å². The number of fused-ring (bicyclic) bond motifs is 1. The molecule has 3 aliphatic rings. The van der Waals surface area contributed by atoms with Crippen LogP contribution in [0.3, 0.4) is 0 Å². The summed E-state index contributed by atoms with van der Waals surface area (Å²) >= 11 is 0. The first kappa shape index (κ1) is 15.5. The van der Waals surface area contributed by atoms with Gasteiger partial charge in [-0.15, -0.1) is 0 Å². The molecule has 3 fully saturated rings. The van der Waals surface area contributed by atoms with Crippen molar-refractivity contribution >= 4 is 22.2 Å². The molecule has 2 heterocycles. The molecule has 1 saturated carbocycles. The van der Waals surface area contributed by atoms with Gasteiger partial charge < -0.3 is 10.2 Å². The van der Waals surface area contributed by atoms with E-state index in [2.05, 4.69) is 5.32 Å². The highest BCUT2D eigenvalue weighted by atomic mass is 32.2. The molecule has 0 aromatic carbocycles. The zero-order valence-electron chi connectivity index (χ0n) is 12.3. The summed E-state index contributed by atoms with van der Waals surface area (Å²) in [5, 5.41) is 2.86. The van der Waals surface area contributed by atoms with Gasteiger partial charge in [-0.1, -0.05) is 19.3 Å². The number of hydrogen-bond donors (Lipinski definition) is 2. The smallest absolute Gasteiger partial charge is 0.338 e. The molecule has 2 N–H and O–H groups in total. The van der Waals surface area contributed by atoms with Crippen LogP contribution in [0.5, 0.6) is 0 Å². The van der Waals surface area contributed by atoms with Gasteiger partial charge in [0.15, 0.2) is 0 Å². The van der Waals surface area contributed by atoms with Gasteiger partial charge in [0.05, 0.1) is 6.04 Å². The van der Waals surface area contributed by atoms with E-state index in [9.17, 15) is 18.0 Å². The van der Waals surface area contributed by atoms with Gasteiger partial charge in [-0.25, -0.2) is 9.10 Å². The molecule has 3 rings (SSSR count). The molecule has 0 spiro atoms. The van der Waals surface area contributed by atoms with Crippen LogP contribution in [0.4, 0.5) is 4.79 Å². The van der Waals surface area contributed by atoms with Crippen molar-refractivity contribution in [3.8, 4) is 0 Å². The Hall–Kier alpha value is -1.35. The topological polar surface area (TPSA) is 107 Å². The molecular weight excluding hydrogens is 310 g/mol. The van der Waals surface area contributed by atoms with Crippen LogP contribution in [-0.4, -0.2) is 59.3 Å². The highest BCUT2D eigenvalue weighted by molar-refractivity contribution is 7.84. The Bertz CT molecular complexity index is 572. The first-order valence-electron chi connectivity index (χ1n) is 7.75. The summed E-state index contributed by atoms with van der Waals surface area (Å²) in [5.41, 5.74) is 0. The fraction of sp³-hybridized carbons (Fsp3) is 0.846. The molecule has 0 bridgehead atoms. The van der Waals surface area contributed by atoms with Crippen LogP contribution < -0.4 is 5.32 Å². The molecule has 2 atom stereocenters. The molecule has 8 nitrogen and oxygen atoms in total. The van der Waals surface area contributed by atoms with Crippen molar-refractivity contribution in [1.82, 2.24) is 14.5 Å². The van der Waals surface area contributed by atoms with Crippen molar-refractivity contribution in [2.45, 2.75) is 50.6 Å². The van der Waals surface area contributed by atoms with E-state index >= 15 is 0 Å². The number of rotatable bonds is 3. The number of carbonyl (C=O) groups is 2. The van der Waals surface area contributed by atoms with Gasteiger partial charge in [-0.3, -0.25) is 9.35 Å². The minimum atomic E-state index is -4.52. The number of nitrogens with one attached hydrogen (secondary N) is 1. The van der Waals surface area contributed by atoms with Gasteiger partial charge in [0.1, 0.15) is 6.04 Å². The van der Waals surface area contributed by atoms with Gasteiger partial charge in [-0.05, 0) is 25.2 Å². The third-order valence-corrected chi connectivity index (χ3v) is 5.86. The third-order valence-electron chi connectivity index (χ3n) is 4.91. The maximum atomic E-state index is 12.2. The van der Waals surface area contributed by atoms with Crippen LogP contribution in [-0.2, 0) is 15.1 Å². The fourth-order valence-electron chi connectivity index (χ4n) is 3.77. The lowest BCUT2D eigenvalue weighted by Gasteiger charge is -2.42. The third kappa shape index (κ3) is 2.67. The van der Waals surface area contributed by atoms with Gasteiger partial charge >= 0.3 is 16.3 Å². The summed E-state index contributed by atoms with van der Waals surface area (Å²) in [7, 11) is -4.52. The highest BCUT2D eigenvalue weighted by Gasteiger charge is 2.59. The van der Waals surface area contributed by atoms with Crippen molar-refractivity contribution in [1.29, 1.82) is 0 Å². The molecule has 0 aromatic rings. The largest absolute Gasteiger partial charge is 0.362 e. The van der Waals surface area contributed by atoms with E-state index in [4.69, 9.17) is 4.55 Å². The Morgan fingerprint density at radius 1 is 1.23 bits per heavy atom. The Kier molecular flexibility index (Phi) is 4.02. The number of carbonyl (C=O) groups excluding carboxylic acids is 2. The molecule has 124 valence electrons. The van der Waals surface area contributed by atoms with Crippen molar-refractivity contribution in [3.05, 3.63) is 0 Å². The molecule has 0 aromatic heterocycles. The van der Waals surface area contributed by atoms with Crippen LogP contribution in [0.15, 0.2) is 0 Å². The number of urea groups is 1. The number of nitrogens with zero attached hydrogens (tertiary/aromatic N) is 2. The second-order valence-electron chi connectivity index (χ2n) is 6.30. The van der Waals surface area contributed by atoms with E-state index in [-0.39, 0.29) is 6.03 Å². The zero-order chi connectivity index (χ0) is 15.9. The van der Waals surface area contributed by atoms with E-state index in [1.54, 1.807) is 0 Å². The number of likely N-dealkylation sites (tertiary alicyclic amines) is 1. The molecule has 9 heteroatoms. The van der Waals surface area contributed by atoms with Crippen LogP contribution in [0, 0.1) is 5.92 Å². The lowest BCUT2D eigenvalue weighted by Crippen LogP contribution is -2.69. The zero-order valence-corrected chi connectivity index (χ0v) is 13.1. The van der Waals surface area contributed by atoms with Gasteiger partial charge in [-0.2, -0.15) is 8.42 Å². The summed E-state index contributed by atoms with van der Waals surface area (Å²) in [6.45, 7) is 0.923. The Balaban J connectivity index is 1.56.